The minimum atomic E-state index is -0.243. The molecule has 1 fully saturated rings. The fourth-order valence-electron chi connectivity index (χ4n) is 3.12. The first-order chi connectivity index (χ1) is 12.1. The predicted molar refractivity (Wildman–Crippen MR) is 95.1 cm³/mol. The van der Waals surface area contributed by atoms with Crippen LogP contribution >= 0.6 is 11.6 Å². The second-order valence-electron chi connectivity index (χ2n) is 6.37. The van der Waals surface area contributed by atoms with Crippen molar-refractivity contribution in [2.24, 2.45) is 5.41 Å². The van der Waals surface area contributed by atoms with E-state index in [1.807, 2.05) is 18.2 Å². The molecule has 1 aliphatic heterocycles. The van der Waals surface area contributed by atoms with Crippen LogP contribution in [-0.2, 0) is 4.74 Å². The Hall–Kier alpha value is -1.96. The van der Waals surface area contributed by atoms with E-state index in [0.717, 1.165) is 25.9 Å². The molecule has 1 amide bonds. The number of methoxy groups -OCH3 is 1. The van der Waals surface area contributed by atoms with E-state index < -0.39 is 0 Å². The molecule has 2 heterocycles. The number of ether oxygens (including phenoxy) is 1. The molecule has 0 aliphatic carbocycles. The van der Waals surface area contributed by atoms with Gasteiger partial charge in [0.25, 0.3) is 5.91 Å². The van der Waals surface area contributed by atoms with E-state index in [-0.39, 0.29) is 17.0 Å². The second-order valence-corrected chi connectivity index (χ2v) is 6.77. The predicted octanol–water partition coefficient (Wildman–Crippen LogP) is 1.67. The highest BCUT2D eigenvalue weighted by Gasteiger charge is 2.32. The Balaban J connectivity index is 1.66. The van der Waals surface area contributed by atoms with Gasteiger partial charge in [-0.1, -0.05) is 28.9 Å². The van der Waals surface area contributed by atoms with Gasteiger partial charge < -0.3 is 15.4 Å². The SMILES string of the molecule is COCC1(CNC(=O)c2cn(-c3ccccc3Cl)nn2)CCNCC1. The Morgan fingerprint density at radius 1 is 1.40 bits per heavy atom. The molecule has 8 heteroatoms. The van der Waals surface area contributed by atoms with Crippen LogP contribution in [0.25, 0.3) is 5.69 Å². The van der Waals surface area contributed by atoms with Crippen LogP contribution in [0.5, 0.6) is 0 Å². The number of rotatable bonds is 6. The van der Waals surface area contributed by atoms with Crippen LogP contribution in [0.3, 0.4) is 0 Å². The van der Waals surface area contributed by atoms with Crippen molar-refractivity contribution in [1.29, 1.82) is 0 Å². The molecule has 0 radical (unpaired) electrons. The zero-order valence-electron chi connectivity index (χ0n) is 14.2. The van der Waals surface area contributed by atoms with Crippen molar-refractivity contribution in [1.82, 2.24) is 25.6 Å². The van der Waals surface area contributed by atoms with Crippen molar-refractivity contribution in [3.8, 4) is 5.69 Å². The normalized spacial score (nSPS) is 16.6. The fraction of sp³-hybridized carbons (Fsp3) is 0.471. The van der Waals surface area contributed by atoms with Gasteiger partial charge in [-0.15, -0.1) is 5.10 Å². The van der Waals surface area contributed by atoms with Crippen molar-refractivity contribution in [3.05, 3.63) is 41.2 Å². The van der Waals surface area contributed by atoms with E-state index in [2.05, 4.69) is 20.9 Å². The maximum atomic E-state index is 12.4. The van der Waals surface area contributed by atoms with E-state index in [4.69, 9.17) is 16.3 Å². The number of aromatic nitrogens is 3. The van der Waals surface area contributed by atoms with Crippen LogP contribution < -0.4 is 10.6 Å². The Bertz CT molecular complexity index is 722. The molecular formula is C17H22ClN5O2. The van der Waals surface area contributed by atoms with Crippen molar-refractivity contribution in [3.63, 3.8) is 0 Å². The van der Waals surface area contributed by atoms with Gasteiger partial charge in [0.1, 0.15) is 0 Å². The maximum Gasteiger partial charge on any atom is 0.273 e. The van der Waals surface area contributed by atoms with Crippen LogP contribution in [0.4, 0.5) is 0 Å². The number of amides is 1. The third-order valence-corrected chi connectivity index (χ3v) is 4.88. The molecule has 0 saturated carbocycles. The maximum absolute atomic E-state index is 12.4. The molecule has 2 N–H and O–H groups in total. The molecule has 0 atom stereocenters. The summed E-state index contributed by atoms with van der Waals surface area (Å²) in [6.45, 7) is 3.05. The van der Waals surface area contributed by atoms with Crippen LogP contribution in [0.2, 0.25) is 5.02 Å². The topological polar surface area (TPSA) is 81.1 Å². The number of hydrogen-bond acceptors (Lipinski definition) is 5. The number of halogens is 1. The monoisotopic (exact) mass is 363 g/mol. The third-order valence-electron chi connectivity index (χ3n) is 4.56. The number of piperidine rings is 1. The van der Waals surface area contributed by atoms with Crippen LogP contribution in [0.15, 0.2) is 30.5 Å². The molecule has 2 aromatic rings. The molecule has 0 spiro atoms. The van der Waals surface area contributed by atoms with Gasteiger partial charge in [-0.3, -0.25) is 4.79 Å². The molecule has 0 unspecified atom stereocenters. The number of carbonyl (C=O) groups is 1. The van der Waals surface area contributed by atoms with Gasteiger partial charge >= 0.3 is 0 Å². The summed E-state index contributed by atoms with van der Waals surface area (Å²) >= 11 is 6.15. The number of carbonyl (C=O) groups excluding carboxylic acids is 1. The molecule has 25 heavy (non-hydrogen) atoms. The Morgan fingerprint density at radius 3 is 2.88 bits per heavy atom. The molecule has 3 rings (SSSR count). The zero-order valence-corrected chi connectivity index (χ0v) is 14.9. The summed E-state index contributed by atoms with van der Waals surface area (Å²) in [4.78, 5) is 12.4. The van der Waals surface area contributed by atoms with Gasteiger partial charge in [0, 0.05) is 19.1 Å². The number of nitrogens with one attached hydrogen (secondary N) is 2. The Kier molecular flexibility index (Phi) is 5.67. The van der Waals surface area contributed by atoms with Crippen LogP contribution in [0, 0.1) is 5.41 Å². The van der Waals surface area contributed by atoms with Gasteiger partial charge in [-0.05, 0) is 38.1 Å². The highest BCUT2D eigenvalue weighted by Crippen LogP contribution is 2.28. The van der Waals surface area contributed by atoms with Crippen LogP contribution in [0.1, 0.15) is 23.3 Å². The average Bonchev–Trinajstić information content (AvgIpc) is 3.11. The lowest BCUT2D eigenvalue weighted by molar-refractivity contribution is 0.0510. The van der Waals surface area contributed by atoms with Crippen molar-refractivity contribution >= 4 is 17.5 Å². The van der Waals surface area contributed by atoms with Gasteiger partial charge in [-0.2, -0.15) is 0 Å². The Labute approximate surface area is 151 Å². The molecule has 0 bridgehead atoms. The van der Waals surface area contributed by atoms with Crippen molar-refractivity contribution < 1.29 is 9.53 Å². The molecule has 1 aromatic carbocycles. The van der Waals surface area contributed by atoms with E-state index in [1.165, 1.54) is 4.68 Å². The zero-order chi connectivity index (χ0) is 17.7. The highest BCUT2D eigenvalue weighted by atomic mass is 35.5. The number of para-hydroxylation sites is 1. The van der Waals surface area contributed by atoms with E-state index in [0.29, 0.717) is 23.9 Å². The summed E-state index contributed by atoms with van der Waals surface area (Å²) in [6.07, 6.45) is 3.52. The average molecular weight is 364 g/mol. The minimum absolute atomic E-state index is 0.0333. The number of hydrogen-bond donors (Lipinski definition) is 2. The van der Waals surface area contributed by atoms with E-state index in [9.17, 15) is 4.79 Å². The van der Waals surface area contributed by atoms with E-state index in [1.54, 1.807) is 19.4 Å². The summed E-state index contributed by atoms with van der Waals surface area (Å²) in [5.41, 5.74) is 0.917. The van der Waals surface area contributed by atoms with Gasteiger partial charge in [-0.25, -0.2) is 4.68 Å². The lowest BCUT2D eigenvalue weighted by atomic mass is 9.79. The molecule has 7 nitrogen and oxygen atoms in total. The molecule has 134 valence electrons. The summed E-state index contributed by atoms with van der Waals surface area (Å²) in [5, 5.41) is 14.8. The van der Waals surface area contributed by atoms with Crippen LogP contribution in [-0.4, -0.2) is 54.3 Å². The molecular weight excluding hydrogens is 342 g/mol. The Morgan fingerprint density at radius 2 is 2.16 bits per heavy atom. The van der Waals surface area contributed by atoms with Crippen molar-refractivity contribution in [2.75, 3.05) is 33.4 Å². The smallest absolute Gasteiger partial charge is 0.273 e. The highest BCUT2D eigenvalue weighted by molar-refractivity contribution is 6.32. The van der Waals surface area contributed by atoms with Gasteiger partial charge in [0.15, 0.2) is 5.69 Å². The summed E-state index contributed by atoms with van der Waals surface area (Å²) in [5.74, 6) is -0.243. The number of benzene rings is 1. The van der Waals surface area contributed by atoms with Gasteiger partial charge in [0.2, 0.25) is 0 Å². The first-order valence-corrected chi connectivity index (χ1v) is 8.66. The molecule has 1 saturated heterocycles. The second kappa shape index (κ2) is 7.95. The van der Waals surface area contributed by atoms with E-state index >= 15 is 0 Å². The van der Waals surface area contributed by atoms with Gasteiger partial charge in [0.05, 0.1) is 23.5 Å². The summed E-state index contributed by atoms with van der Waals surface area (Å²) in [6, 6.07) is 7.28. The first-order valence-electron chi connectivity index (χ1n) is 8.29. The number of nitrogens with zero attached hydrogens (tertiary/aromatic N) is 3. The largest absolute Gasteiger partial charge is 0.384 e. The quantitative estimate of drug-likeness (QED) is 0.816. The fourth-order valence-corrected chi connectivity index (χ4v) is 3.34. The molecule has 1 aliphatic rings. The molecule has 1 aromatic heterocycles. The van der Waals surface area contributed by atoms with Crippen molar-refractivity contribution in [2.45, 2.75) is 12.8 Å². The summed E-state index contributed by atoms with van der Waals surface area (Å²) < 4.78 is 6.88. The lowest BCUT2D eigenvalue weighted by Crippen LogP contribution is -2.47. The summed E-state index contributed by atoms with van der Waals surface area (Å²) in [7, 11) is 1.70. The third kappa shape index (κ3) is 4.18. The standard InChI is InChI=1S/C17H22ClN5O2/c1-25-12-17(6-8-19-9-7-17)11-20-16(24)14-10-23(22-21-14)15-5-3-2-4-13(15)18/h2-5,10,19H,6-9,11-12H2,1H3,(H,20,24). The minimum Gasteiger partial charge on any atom is -0.384 e. The first kappa shape index (κ1) is 17.8. The lowest BCUT2D eigenvalue weighted by Gasteiger charge is -2.37.